The van der Waals surface area contributed by atoms with Gasteiger partial charge in [-0.25, -0.2) is 9.59 Å². The highest BCUT2D eigenvalue weighted by Gasteiger charge is 2.52. The van der Waals surface area contributed by atoms with Gasteiger partial charge in [0.2, 0.25) is 0 Å². The number of rotatable bonds is 2. The molecule has 0 fully saturated rings. The standard InChI is InChI=1S/C36H26O10/c1-12-5-6-18-28(30(12)39)33(42)24-15(4)26(35(45)46)22(38)11-20(24)36(18)8-7-16-17-10-21(37)25(34(43)44)14(3)23(17)32(41)29-27(16)19(36)9-13(2)31(29)40/h5-7,9-11,37-40H,8H2,1-4H3,(H,43,44)(H,45,46)/t36-/m0/s1. The van der Waals surface area contributed by atoms with E-state index in [4.69, 9.17) is 0 Å². The van der Waals surface area contributed by atoms with Crippen LogP contribution in [0.15, 0.2) is 36.4 Å². The van der Waals surface area contributed by atoms with Gasteiger partial charge in [0.15, 0.2) is 11.6 Å². The molecule has 10 heteroatoms. The number of carbonyl (C=O) groups is 4. The van der Waals surface area contributed by atoms with Crippen molar-refractivity contribution in [3.05, 3.63) is 120 Å². The quantitative estimate of drug-likeness (QED) is 0.149. The average Bonchev–Trinajstić information content (AvgIpc) is 2.96. The number of aryl methyl sites for hydroxylation is 2. The maximum atomic E-state index is 14.3. The Morgan fingerprint density at radius 3 is 1.80 bits per heavy atom. The summed E-state index contributed by atoms with van der Waals surface area (Å²) in [6.45, 7) is 6.04. The van der Waals surface area contributed by atoms with Gasteiger partial charge in [-0.05, 0) is 96.3 Å². The van der Waals surface area contributed by atoms with Gasteiger partial charge < -0.3 is 30.6 Å². The van der Waals surface area contributed by atoms with Gasteiger partial charge in [0.25, 0.3) is 0 Å². The van der Waals surface area contributed by atoms with Crippen LogP contribution in [-0.4, -0.2) is 54.1 Å². The monoisotopic (exact) mass is 618 g/mol. The van der Waals surface area contributed by atoms with Gasteiger partial charge in [-0.15, -0.1) is 0 Å². The van der Waals surface area contributed by atoms with E-state index in [2.05, 4.69) is 0 Å². The lowest BCUT2D eigenvalue weighted by Gasteiger charge is -2.46. The molecule has 7 rings (SSSR count). The first-order chi connectivity index (χ1) is 21.6. The number of carbonyl (C=O) groups excluding carboxylic acids is 2. The van der Waals surface area contributed by atoms with E-state index in [0.717, 1.165) is 0 Å². The van der Waals surface area contributed by atoms with E-state index in [1.807, 2.05) is 0 Å². The molecular formula is C36H26O10. The minimum absolute atomic E-state index is 0.000690. The molecule has 0 unspecified atom stereocenters. The van der Waals surface area contributed by atoms with Crippen molar-refractivity contribution >= 4 is 29.1 Å². The molecule has 0 bridgehead atoms. The van der Waals surface area contributed by atoms with Crippen molar-refractivity contribution in [2.75, 3.05) is 0 Å². The van der Waals surface area contributed by atoms with Crippen LogP contribution in [0.3, 0.4) is 0 Å². The second kappa shape index (κ2) is 9.07. The summed E-state index contributed by atoms with van der Waals surface area (Å²) in [6, 6.07) is 7.44. The van der Waals surface area contributed by atoms with Gasteiger partial charge >= 0.3 is 11.9 Å². The predicted molar refractivity (Wildman–Crippen MR) is 164 cm³/mol. The van der Waals surface area contributed by atoms with Crippen LogP contribution < -0.4 is 0 Å². The Kier molecular flexibility index (Phi) is 5.69. The van der Waals surface area contributed by atoms with Crippen LogP contribution >= 0.6 is 0 Å². The third-order valence-corrected chi connectivity index (χ3v) is 9.87. The molecule has 10 nitrogen and oxygen atoms in total. The second-order valence-electron chi connectivity index (χ2n) is 12.1. The smallest absolute Gasteiger partial charge is 0.339 e. The van der Waals surface area contributed by atoms with Crippen LogP contribution in [-0.2, 0) is 5.41 Å². The number of carboxylic acid groups (broad SMARTS) is 2. The van der Waals surface area contributed by atoms with Crippen molar-refractivity contribution in [1.29, 1.82) is 0 Å². The van der Waals surface area contributed by atoms with Gasteiger partial charge in [0, 0.05) is 16.7 Å². The lowest BCUT2D eigenvalue weighted by molar-refractivity contribution is 0.0681. The predicted octanol–water partition coefficient (Wildman–Crippen LogP) is 5.40. The number of allylic oxidation sites excluding steroid dienone is 1. The van der Waals surface area contributed by atoms with Crippen LogP contribution in [0.5, 0.6) is 23.0 Å². The number of ketones is 2. The van der Waals surface area contributed by atoms with Crippen LogP contribution in [0.4, 0.5) is 0 Å². The Bertz CT molecular complexity index is 2250. The van der Waals surface area contributed by atoms with E-state index in [-0.39, 0.29) is 68.0 Å². The zero-order chi connectivity index (χ0) is 33.3. The summed E-state index contributed by atoms with van der Waals surface area (Å²) in [4.78, 5) is 52.7. The highest BCUT2D eigenvalue weighted by atomic mass is 16.4. The Balaban J connectivity index is 1.68. The maximum Gasteiger partial charge on any atom is 0.339 e. The molecule has 0 saturated heterocycles. The fraction of sp³-hybridized carbons (Fsp3) is 0.167. The molecule has 0 aliphatic heterocycles. The van der Waals surface area contributed by atoms with Crippen LogP contribution in [0.1, 0.15) is 109 Å². The molecular weight excluding hydrogens is 592 g/mol. The molecule has 0 aromatic heterocycles. The van der Waals surface area contributed by atoms with E-state index in [1.165, 1.54) is 26.0 Å². The molecule has 3 aliphatic rings. The van der Waals surface area contributed by atoms with Crippen molar-refractivity contribution in [3.8, 4) is 23.0 Å². The number of phenols is 4. The van der Waals surface area contributed by atoms with Crippen LogP contribution in [0.2, 0.25) is 0 Å². The van der Waals surface area contributed by atoms with E-state index in [1.54, 1.807) is 38.1 Å². The van der Waals surface area contributed by atoms with E-state index in [0.29, 0.717) is 27.8 Å². The van der Waals surface area contributed by atoms with Gasteiger partial charge in [-0.2, -0.15) is 0 Å². The van der Waals surface area contributed by atoms with Crippen molar-refractivity contribution in [2.24, 2.45) is 0 Å². The molecule has 4 aromatic carbocycles. The first-order valence-electron chi connectivity index (χ1n) is 14.4. The minimum Gasteiger partial charge on any atom is -0.507 e. The topological polar surface area (TPSA) is 190 Å². The van der Waals surface area contributed by atoms with Crippen molar-refractivity contribution < 1.29 is 49.8 Å². The maximum absolute atomic E-state index is 14.3. The van der Waals surface area contributed by atoms with Crippen molar-refractivity contribution in [3.63, 3.8) is 0 Å². The molecule has 0 radical (unpaired) electrons. The highest BCUT2D eigenvalue weighted by Crippen LogP contribution is 2.60. The van der Waals surface area contributed by atoms with Gasteiger partial charge in [-0.1, -0.05) is 24.3 Å². The van der Waals surface area contributed by atoms with Crippen molar-refractivity contribution in [1.82, 2.24) is 0 Å². The van der Waals surface area contributed by atoms with Crippen molar-refractivity contribution in [2.45, 2.75) is 39.5 Å². The number of carboxylic acids is 2. The summed E-state index contributed by atoms with van der Waals surface area (Å²) in [5.74, 6) is -5.90. The Morgan fingerprint density at radius 1 is 0.630 bits per heavy atom. The number of hydrogen-bond acceptors (Lipinski definition) is 8. The Morgan fingerprint density at radius 2 is 1.17 bits per heavy atom. The summed E-state index contributed by atoms with van der Waals surface area (Å²) in [5.41, 5.74) is 0.355. The SMILES string of the molecule is Cc1ccc2c(c1O)C(=O)c1c(cc(O)c(C(=O)O)c1C)[C@@]21CC=C2c3cc(O)c(C(=O)O)c(C)c3C(=O)c3c(O)c(C)cc1c32. The third-order valence-electron chi connectivity index (χ3n) is 9.87. The zero-order valence-electron chi connectivity index (χ0n) is 25.0. The number of phenolic OH excluding ortho intramolecular Hbond substituents is 2. The van der Waals surface area contributed by atoms with E-state index < -0.39 is 51.5 Å². The summed E-state index contributed by atoms with van der Waals surface area (Å²) >= 11 is 0. The number of hydrogen-bond donors (Lipinski definition) is 6. The summed E-state index contributed by atoms with van der Waals surface area (Å²) < 4.78 is 0. The molecule has 0 heterocycles. The molecule has 1 atom stereocenters. The summed E-state index contributed by atoms with van der Waals surface area (Å²) in [7, 11) is 0. The zero-order valence-corrected chi connectivity index (χ0v) is 25.0. The van der Waals surface area contributed by atoms with Gasteiger partial charge in [0.05, 0.1) is 16.5 Å². The number of fused-ring (bicyclic) bond motifs is 7. The largest absolute Gasteiger partial charge is 0.507 e. The molecule has 0 amide bonds. The first kappa shape index (κ1) is 28.8. The molecule has 6 N–H and O–H groups in total. The second-order valence-corrected chi connectivity index (χ2v) is 12.1. The van der Waals surface area contributed by atoms with Crippen LogP contribution in [0.25, 0.3) is 5.57 Å². The third kappa shape index (κ3) is 3.25. The van der Waals surface area contributed by atoms with E-state index >= 15 is 0 Å². The average molecular weight is 619 g/mol. The molecule has 1 spiro atoms. The lowest BCUT2D eigenvalue weighted by Crippen LogP contribution is -2.41. The fourth-order valence-electron chi connectivity index (χ4n) is 7.82. The van der Waals surface area contributed by atoms with Gasteiger partial charge in [0.1, 0.15) is 34.1 Å². The molecule has 46 heavy (non-hydrogen) atoms. The molecule has 230 valence electrons. The number of aromatic hydroxyl groups is 4. The molecule has 3 aliphatic carbocycles. The summed E-state index contributed by atoms with van der Waals surface area (Å²) in [5, 5.41) is 64.2. The molecule has 0 saturated carbocycles. The summed E-state index contributed by atoms with van der Waals surface area (Å²) in [6.07, 6.45) is 1.83. The van der Waals surface area contributed by atoms with E-state index in [9.17, 15) is 49.8 Å². The fourth-order valence-corrected chi connectivity index (χ4v) is 7.82. The van der Waals surface area contributed by atoms with Crippen LogP contribution in [0, 0.1) is 27.7 Å². The number of benzene rings is 4. The minimum atomic E-state index is -1.44. The Labute approximate surface area is 261 Å². The number of aromatic carboxylic acids is 2. The van der Waals surface area contributed by atoms with Gasteiger partial charge in [-0.3, -0.25) is 9.59 Å². The first-order valence-corrected chi connectivity index (χ1v) is 14.4. The lowest BCUT2D eigenvalue weighted by atomic mass is 9.55. The highest BCUT2D eigenvalue weighted by molar-refractivity contribution is 6.23. The normalized spacial score (nSPS) is 17.2. The Hall–Kier alpha value is -5.90. The molecule has 4 aromatic rings.